The summed E-state index contributed by atoms with van der Waals surface area (Å²) in [6.45, 7) is 1.06. The number of sulfonamides is 1. The van der Waals surface area contributed by atoms with Crippen molar-refractivity contribution in [1.82, 2.24) is 15.0 Å². The fourth-order valence-corrected chi connectivity index (χ4v) is 3.97. The number of ether oxygens (including phenoxy) is 2. The lowest BCUT2D eigenvalue weighted by atomic mass is 10.1. The van der Waals surface area contributed by atoms with E-state index in [1.165, 1.54) is 0 Å². The molecule has 3 heterocycles. The van der Waals surface area contributed by atoms with Gasteiger partial charge in [0, 0.05) is 23.0 Å². The van der Waals surface area contributed by atoms with Gasteiger partial charge in [0.15, 0.2) is 17.1 Å². The normalized spacial score (nSPS) is 13.4. The molecular formula is C21H18N4O4S. The van der Waals surface area contributed by atoms with E-state index in [0.717, 1.165) is 28.7 Å². The number of aromatic nitrogens is 3. The molecular weight excluding hydrogens is 404 g/mol. The molecule has 2 aromatic heterocycles. The first-order valence-electron chi connectivity index (χ1n) is 9.29. The van der Waals surface area contributed by atoms with Gasteiger partial charge in [-0.2, -0.15) is 0 Å². The number of benzene rings is 2. The van der Waals surface area contributed by atoms with Gasteiger partial charge in [-0.25, -0.2) is 18.4 Å². The lowest BCUT2D eigenvalue weighted by Crippen LogP contribution is -2.15. The van der Waals surface area contributed by atoms with Gasteiger partial charge in [0.1, 0.15) is 18.7 Å². The van der Waals surface area contributed by atoms with Gasteiger partial charge >= 0.3 is 0 Å². The Morgan fingerprint density at radius 3 is 2.70 bits per heavy atom. The lowest BCUT2D eigenvalue weighted by molar-refractivity contribution is 0.171. The maximum absolute atomic E-state index is 11.5. The molecule has 1 aliphatic rings. The maximum atomic E-state index is 11.5. The fraction of sp³-hybridized carbons (Fsp3) is 0.143. The topological polar surface area (TPSA) is 106 Å². The number of hydrogen-bond donors (Lipinski definition) is 2. The van der Waals surface area contributed by atoms with Crippen LogP contribution in [-0.2, 0) is 10.0 Å². The van der Waals surface area contributed by atoms with Gasteiger partial charge in [-0.05, 0) is 29.8 Å². The van der Waals surface area contributed by atoms with Gasteiger partial charge in [0.2, 0.25) is 10.0 Å². The van der Waals surface area contributed by atoms with E-state index in [4.69, 9.17) is 14.5 Å². The second-order valence-corrected chi connectivity index (χ2v) is 8.72. The van der Waals surface area contributed by atoms with Crippen LogP contribution in [-0.4, -0.2) is 42.8 Å². The molecule has 0 saturated carbocycles. The average Bonchev–Trinajstić information content (AvgIpc) is 3.15. The first kappa shape index (κ1) is 18.4. The van der Waals surface area contributed by atoms with Crippen molar-refractivity contribution < 1.29 is 17.9 Å². The Balaban J connectivity index is 1.56. The molecule has 0 bridgehead atoms. The minimum Gasteiger partial charge on any atom is -0.486 e. The summed E-state index contributed by atoms with van der Waals surface area (Å²) in [5.74, 6) is 1.43. The number of H-pyrrole nitrogens is 1. The standard InChI is InChI=1S/C21H18N4O4S/c1-30(26,27)25-15-4-2-3-14(9-15)17-12-23-21-20(24-17)16(11-22-21)13-5-6-18-19(10-13)29-8-7-28-18/h2-6,9-12,25H,7-8H2,1H3,(H,22,23). The smallest absolute Gasteiger partial charge is 0.229 e. The second kappa shape index (κ2) is 7.03. The van der Waals surface area contributed by atoms with Gasteiger partial charge in [0.25, 0.3) is 0 Å². The monoisotopic (exact) mass is 422 g/mol. The Labute approximate surface area is 173 Å². The van der Waals surface area contributed by atoms with E-state index < -0.39 is 10.0 Å². The summed E-state index contributed by atoms with van der Waals surface area (Å²) in [6.07, 6.45) is 4.64. The molecule has 0 aliphatic carbocycles. The summed E-state index contributed by atoms with van der Waals surface area (Å²) in [4.78, 5) is 12.4. The van der Waals surface area contributed by atoms with Gasteiger partial charge in [-0.1, -0.05) is 18.2 Å². The van der Waals surface area contributed by atoms with Crippen LogP contribution in [0, 0.1) is 0 Å². The van der Waals surface area contributed by atoms with E-state index in [9.17, 15) is 8.42 Å². The lowest BCUT2D eigenvalue weighted by Gasteiger charge is -2.18. The van der Waals surface area contributed by atoms with E-state index >= 15 is 0 Å². The van der Waals surface area contributed by atoms with Crippen LogP contribution in [0.1, 0.15) is 0 Å². The van der Waals surface area contributed by atoms with Crippen molar-refractivity contribution in [2.24, 2.45) is 0 Å². The molecule has 152 valence electrons. The molecule has 0 atom stereocenters. The molecule has 4 aromatic rings. The van der Waals surface area contributed by atoms with E-state index in [0.29, 0.717) is 41.5 Å². The Kier molecular flexibility index (Phi) is 4.32. The average molecular weight is 422 g/mol. The molecule has 0 saturated heterocycles. The van der Waals surface area contributed by atoms with Crippen LogP contribution < -0.4 is 14.2 Å². The van der Waals surface area contributed by atoms with Gasteiger partial charge in [-0.15, -0.1) is 0 Å². The molecule has 0 fully saturated rings. The Morgan fingerprint density at radius 2 is 1.87 bits per heavy atom. The van der Waals surface area contributed by atoms with Crippen LogP contribution in [0.2, 0.25) is 0 Å². The molecule has 0 amide bonds. The van der Waals surface area contributed by atoms with Gasteiger partial charge in [0.05, 0.1) is 18.1 Å². The van der Waals surface area contributed by atoms with Crippen molar-refractivity contribution in [1.29, 1.82) is 0 Å². The highest BCUT2D eigenvalue weighted by atomic mass is 32.2. The van der Waals surface area contributed by atoms with Crippen LogP contribution in [0.5, 0.6) is 11.5 Å². The zero-order chi connectivity index (χ0) is 20.7. The quantitative estimate of drug-likeness (QED) is 0.522. The third-order valence-electron chi connectivity index (χ3n) is 4.70. The minimum atomic E-state index is -3.37. The Hall–Kier alpha value is -3.59. The van der Waals surface area contributed by atoms with Gasteiger partial charge < -0.3 is 14.5 Å². The van der Waals surface area contributed by atoms with E-state index in [-0.39, 0.29) is 0 Å². The number of nitrogens with one attached hydrogen (secondary N) is 2. The summed E-state index contributed by atoms with van der Waals surface area (Å²) in [5.41, 5.74) is 5.06. The summed E-state index contributed by atoms with van der Waals surface area (Å²) >= 11 is 0. The van der Waals surface area contributed by atoms with Crippen molar-refractivity contribution >= 4 is 26.9 Å². The molecule has 0 radical (unpaired) electrons. The van der Waals surface area contributed by atoms with E-state index in [1.54, 1.807) is 24.4 Å². The summed E-state index contributed by atoms with van der Waals surface area (Å²) < 4.78 is 36.8. The first-order valence-corrected chi connectivity index (χ1v) is 11.2. The number of aromatic amines is 1. The van der Waals surface area contributed by atoms with Crippen LogP contribution in [0.3, 0.4) is 0 Å². The zero-order valence-corrected chi connectivity index (χ0v) is 16.9. The SMILES string of the molecule is CS(=O)(=O)Nc1cccc(-c2cnc3[nH]cc(-c4ccc5c(c4)OCCO5)c3n2)c1. The number of nitrogens with zero attached hydrogens (tertiary/aromatic N) is 2. The molecule has 2 aromatic carbocycles. The predicted molar refractivity (Wildman–Crippen MR) is 114 cm³/mol. The largest absolute Gasteiger partial charge is 0.486 e. The predicted octanol–water partition coefficient (Wildman–Crippen LogP) is 3.43. The minimum absolute atomic E-state index is 0.470. The highest BCUT2D eigenvalue weighted by Gasteiger charge is 2.16. The van der Waals surface area contributed by atoms with Crippen molar-refractivity contribution in [3.8, 4) is 33.9 Å². The first-order chi connectivity index (χ1) is 14.5. The highest BCUT2D eigenvalue weighted by Crippen LogP contribution is 2.36. The van der Waals surface area contributed by atoms with Crippen molar-refractivity contribution in [2.45, 2.75) is 0 Å². The second-order valence-electron chi connectivity index (χ2n) is 6.97. The van der Waals surface area contributed by atoms with Crippen LogP contribution in [0.25, 0.3) is 33.5 Å². The molecule has 8 nitrogen and oxygen atoms in total. The third-order valence-corrected chi connectivity index (χ3v) is 5.30. The van der Waals surface area contributed by atoms with E-state index in [1.807, 2.05) is 30.5 Å². The number of hydrogen-bond acceptors (Lipinski definition) is 6. The van der Waals surface area contributed by atoms with Crippen molar-refractivity contribution in [3.63, 3.8) is 0 Å². The molecule has 1 aliphatic heterocycles. The number of fused-ring (bicyclic) bond motifs is 2. The van der Waals surface area contributed by atoms with Crippen LogP contribution in [0.4, 0.5) is 5.69 Å². The third kappa shape index (κ3) is 3.55. The van der Waals surface area contributed by atoms with Crippen LogP contribution in [0.15, 0.2) is 54.9 Å². The fourth-order valence-electron chi connectivity index (χ4n) is 3.42. The van der Waals surface area contributed by atoms with E-state index in [2.05, 4.69) is 14.7 Å². The Morgan fingerprint density at radius 1 is 1.03 bits per heavy atom. The molecule has 5 rings (SSSR count). The number of rotatable bonds is 4. The zero-order valence-electron chi connectivity index (χ0n) is 16.0. The molecule has 9 heteroatoms. The Bertz CT molecular complexity index is 1360. The van der Waals surface area contributed by atoms with Gasteiger partial charge in [-0.3, -0.25) is 4.72 Å². The maximum Gasteiger partial charge on any atom is 0.229 e. The molecule has 0 spiro atoms. The highest BCUT2D eigenvalue weighted by molar-refractivity contribution is 7.92. The molecule has 0 unspecified atom stereocenters. The summed E-state index contributed by atoms with van der Waals surface area (Å²) in [7, 11) is -3.37. The summed E-state index contributed by atoms with van der Waals surface area (Å²) in [5, 5.41) is 0. The molecule has 30 heavy (non-hydrogen) atoms. The van der Waals surface area contributed by atoms with Crippen molar-refractivity contribution in [3.05, 3.63) is 54.9 Å². The van der Waals surface area contributed by atoms with Crippen LogP contribution >= 0.6 is 0 Å². The van der Waals surface area contributed by atoms with Crippen molar-refractivity contribution in [2.75, 3.05) is 24.2 Å². The number of anilines is 1. The molecule has 2 N–H and O–H groups in total. The summed E-state index contributed by atoms with van der Waals surface area (Å²) in [6, 6.07) is 12.8.